The SMILES string of the molecule is NC1CCN(C(=O)NCC2(COc3ccccc3)CC2)C1. The van der Waals surface area contributed by atoms with Crippen molar-refractivity contribution in [3.05, 3.63) is 30.3 Å². The quantitative estimate of drug-likeness (QED) is 0.865. The zero-order valence-corrected chi connectivity index (χ0v) is 12.3. The van der Waals surface area contributed by atoms with Crippen LogP contribution in [0.3, 0.4) is 0 Å². The molecule has 2 fully saturated rings. The fraction of sp³-hybridized carbons (Fsp3) is 0.562. The first-order valence-corrected chi connectivity index (χ1v) is 7.63. The minimum absolute atomic E-state index is 0.00827. The van der Waals surface area contributed by atoms with Crippen molar-refractivity contribution in [3.8, 4) is 5.75 Å². The predicted molar refractivity (Wildman–Crippen MR) is 81.2 cm³/mol. The van der Waals surface area contributed by atoms with Crippen molar-refractivity contribution >= 4 is 6.03 Å². The maximum absolute atomic E-state index is 12.1. The maximum atomic E-state index is 12.1. The molecule has 2 amide bonds. The highest BCUT2D eigenvalue weighted by Crippen LogP contribution is 2.45. The van der Waals surface area contributed by atoms with E-state index in [0.717, 1.165) is 31.6 Å². The van der Waals surface area contributed by atoms with Crippen molar-refractivity contribution in [3.63, 3.8) is 0 Å². The molecule has 5 nitrogen and oxygen atoms in total. The van der Waals surface area contributed by atoms with Crippen LogP contribution in [0.1, 0.15) is 19.3 Å². The number of urea groups is 1. The molecule has 2 aliphatic rings. The standard InChI is InChI=1S/C16H23N3O2/c17-13-6-9-19(10-13)15(20)18-11-16(7-8-16)12-21-14-4-2-1-3-5-14/h1-5,13H,6-12,17H2,(H,18,20). The second-order valence-electron chi connectivity index (χ2n) is 6.26. The number of amides is 2. The third kappa shape index (κ3) is 3.67. The number of hydrogen-bond acceptors (Lipinski definition) is 3. The van der Waals surface area contributed by atoms with Crippen molar-refractivity contribution in [2.45, 2.75) is 25.3 Å². The molecule has 1 saturated carbocycles. The maximum Gasteiger partial charge on any atom is 0.317 e. The molecule has 1 atom stereocenters. The van der Waals surface area contributed by atoms with Gasteiger partial charge in [-0.15, -0.1) is 0 Å². The number of nitrogens with zero attached hydrogens (tertiary/aromatic N) is 1. The van der Waals surface area contributed by atoms with Gasteiger partial charge in [-0.05, 0) is 31.4 Å². The van der Waals surface area contributed by atoms with Gasteiger partial charge >= 0.3 is 6.03 Å². The normalized spacial score (nSPS) is 22.9. The number of rotatable bonds is 5. The number of likely N-dealkylation sites (tertiary alicyclic amines) is 1. The van der Waals surface area contributed by atoms with Crippen LogP contribution in [0.4, 0.5) is 4.79 Å². The average molecular weight is 289 g/mol. The number of carbonyl (C=O) groups excluding carboxylic acids is 1. The van der Waals surface area contributed by atoms with E-state index in [1.165, 1.54) is 0 Å². The third-order valence-corrected chi connectivity index (χ3v) is 4.37. The van der Waals surface area contributed by atoms with Gasteiger partial charge in [-0.1, -0.05) is 18.2 Å². The van der Waals surface area contributed by atoms with Gasteiger partial charge < -0.3 is 20.7 Å². The Balaban J connectivity index is 1.43. The van der Waals surface area contributed by atoms with Gasteiger partial charge in [0.05, 0.1) is 6.61 Å². The molecule has 1 aromatic carbocycles. The van der Waals surface area contributed by atoms with Crippen LogP contribution < -0.4 is 15.8 Å². The summed E-state index contributed by atoms with van der Waals surface area (Å²) in [5.74, 6) is 0.889. The van der Waals surface area contributed by atoms with E-state index in [4.69, 9.17) is 10.5 Å². The second kappa shape index (κ2) is 5.93. The summed E-state index contributed by atoms with van der Waals surface area (Å²) in [6, 6.07) is 9.96. The summed E-state index contributed by atoms with van der Waals surface area (Å²) in [5.41, 5.74) is 5.95. The van der Waals surface area contributed by atoms with Crippen molar-refractivity contribution in [1.82, 2.24) is 10.2 Å². The third-order valence-electron chi connectivity index (χ3n) is 4.37. The molecule has 0 bridgehead atoms. The lowest BCUT2D eigenvalue weighted by Crippen LogP contribution is -2.42. The Labute approximate surface area is 125 Å². The molecule has 1 saturated heterocycles. The fourth-order valence-electron chi connectivity index (χ4n) is 2.65. The largest absolute Gasteiger partial charge is 0.493 e. The van der Waals surface area contributed by atoms with E-state index in [9.17, 15) is 4.79 Å². The van der Waals surface area contributed by atoms with Gasteiger partial charge in [0, 0.05) is 31.1 Å². The van der Waals surface area contributed by atoms with Gasteiger partial charge in [0.2, 0.25) is 0 Å². The van der Waals surface area contributed by atoms with Crippen LogP contribution in [-0.4, -0.2) is 43.2 Å². The summed E-state index contributed by atoms with van der Waals surface area (Å²) in [6.07, 6.45) is 3.12. The fourth-order valence-corrected chi connectivity index (χ4v) is 2.65. The molecule has 1 aliphatic carbocycles. The number of benzene rings is 1. The van der Waals surface area contributed by atoms with Crippen LogP contribution in [-0.2, 0) is 0 Å². The highest BCUT2D eigenvalue weighted by Gasteiger charge is 2.44. The van der Waals surface area contributed by atoms with Gasteiger partial charge in [-0.2, -0.15) is 0 Å². The highest BCUT2D eigenvalue weighted by atomic mass is 16.5. The minimum Gasteiger partial charge on any atom is -0.493 e. The summed E-state index contributed by atoms with van der Waals surface area (Å²) in [6.45, 7) is 2.78. The van der Waals surface area contributed by atoms with Crippen LogP contribution >= 0.6 is 0 Å². The second-order valence-corrected chi connectivity index (χ2v) is 6.26. The number of para-hydroxylation sites is 1. The van der Waals surface area contributed by atoms with Crippen LogP contribution in [0, 0.1) is 5.41 Å². The van der Waals surface area contributed by atoms with E-state index in [-0.39, 0.29) is 17.5 Å². The lowest BCUT2D eigenvalue weighted by Gasteiger charge is -2.21. The first kappa shape index (κ1) is 14.2. The molecule has 3 rings (SSSR count). The summed E-state index contributed by atoms with van der Waals surface area (Å²) in [5, 5.41) is 3.04. The molecular weight excluding hydrogens is 266 g/mol. The molecule has 21 heavy (non-hydrogen) atoms. The topological polar surface area (TPSA) is 67.6 Å². The van der Waals surface area contributed by atoms with Crippen molar-refractivity contribution in [2.24, 2.45) is 11.1 Å². The summed E-state index contributed by atoms with van der Waals surface area (Å²) < 4.78 is 5.82. The molecule has 1 unspecified atom stereocenters. The highest BCUT2D eigenvalue weighted by molar-refractivity contribution is 5.74. The summed E-state index contributed by atoms with van der Waals surface area (Å²) in [4.78, 5) is 13.9. The number of nitrogens with two attached hydrogens (primary N) is 1. The van der Waals surface area contributed by atoms with Gasteiger partial charge in [-0.3, -0.25) is 0 Å². The number of nitrogens with one attached hydrogen (secondary N) is 1. The van der Waals surface area contributed by atoms with E-state index in [1.54, 1.807) is 4.90 Å². The van der Waals surface area contributed by atoms with Gasteiger partial charge in [0.1, 0.15) is 5.75 Å². The minimum atomic E-state index is 0.00827. The molecule has 1 aromatic rings. The van der Waals surface area contributed by atoms with Gasteiger partial charge in [0.25, 0.3) is 0 Å². The number of hydrogen-bond donors (Lipinski definition) is 2. The number of carbonyl (C=O) groups is 1. The molecule has 3 N–H and O–H groups in total. The van der Waals surface area contributed by atoms with Gasteiger partial charge in [-0.25, -0.2) is 4.79 Å². The molecular formula is C16H23N3O2. The Morgan fingerprint density at radius 3 is 2.76 bits per heavy atom. The monoisotopic (exact) mass is 289 g/mol. The van der Waals surface area contributed by atoms with Crippen LogP contribution in [0.5, 0.6) is 5.75 Å². The molecule has 114 valence electrons. The Morgan fingerprint density at radius 1 is 1.38 bits per heavy atom. The van der Waals surface area contributed by atoms with E-state index < -0.39 is 0 Å². The Kier molecular flexibility index (Phi) is 4.01. The molecule has 0 aromatic heterocycles. The molecule has 5 heteroatoms. The van der Waals surface area contributed by atoms with Crippen molar-refractivity contribution < 1.29 is 9.53 Å². The Hall–Kier alpha value is -1.75. The van der Waals surface area contributed by atoms with E-state index in [1.807, 2.05) is 30.3 Å². The van der Waals surface area contributed by atoms with E-state index in [0.29, 0.717) is 19.7 Å². The Bertz CT molecular complexity index is 488. The smallest absolute Gasteiger partial charge is 0.317 e. The van der Waals surface area contributed by atoms with Gasteiger partial charge in [0.15, 0.2) is 0 Å². The number of ether oxygens (including phenoxy) is 1. The lowest BCUT2D eigenvalue weighted by atomic mass is 10.1. The molecule has 0 spiro atoms. The van der Waals surface area contributed by atoms with Crippen LogP contribution in [0.2, 0.25) is 0 Å². The first-order valence-electron chi connectivity index (χ1n) is 7.63. The zero-order valence-electron chi connectivity index (χ0n) is 12.3. The summed E-state index contributed by atoms with van der Waals surface area (Å²) >= 11 is 0. The molecule has 1 aliphatic heterocycles. The molecule has 0 radical (unpaired) electrons. The lowest BCUT2D eigenvalue weighted by molar-refractivity contribution is 0.196. The van der Waals surface area contributed by atoms with E-state index >= 15 is 0 Å². The average Bonchev–Trinajstić information content (AvgIpc) is 3.16. The van der Waals surface area contributed by atoms with Crippen molar-refractivity contribution in [2.75, 3.05) is 26.2 Å². The van der Waals surface area contributed by atoms with Crippen LogP contribution in [0.25, 0.3) is 0 Å². The Morgan fingerprint density at radius 2 is 2.14 bits per heavy atom. The first-order chi connectivity index (χ1) is 10.2. The van der Waals surface area contributed by atoms with Crippen LogP contribution in [0.15, 0.2) is 30.3 Å². The zero-order chi connectivity index (χ0) is 14.7. The molecule has 1 heterocycles. The predicted octanol–water partition coefficient (Wildman–Crippen LogP) is 1.59. The summed E-state index contributed by atoms with van der Waals surface area (Å²) in [7, 11) is 0. The van der Waals surface area contributed by atoms with Crippen molar-refractivity contribution in [1.29, 1.82) is 0 Å². The van der Waals surface area contributed by atoms with E-state index in [2.05, 4.69) is 5.32 Å².